The van der Waals surface area contributed by atoms with Crippen LogP contribution < -0.4 is 0 Å². The van der Waals surface area contributed by atoms with Gasteiger partial charge in [0.15, 0.2) is 6.10 Å². The molecule has 2 aliphatic rings. The third kappa shape index (κ3) is 2.51. The van der Waals surface area contributed by atoms with Crippen LogP contribution >= 0.6 is 0 Å². The van der Waals surface area contributed by atoms with E-state index in [1.54, 1.807) is 0 Å². The van der Waals surface area contributed by atoms with Crippen LogP contribution in [0.4, 0.5) is 0 Å². The minimum Gasteiger partial charge on any atom is -0.363 e. The van der Waals surface area contributed by atoms with Crippen LogP contribution in [0.25, 0.3) is 0 Å². The number of hydrogen-bond acceptors (Lipinski definition) is 3. The molecule has 4 nitrogen and oxygen atoms in total. The highest BCUT2D eigenvalue weighted by Crippen LogP contribution is 2.28. The van der Waals surface area contributed by atoms with Crippen molar-refractivity contribution in [3.8, 4) is 0 Å². The fourth-order valence-electron chi connectivity index (χ4n) is 2.79. The number of carbonyl (C=O) groups is 1. The molecular weight excluding hydrogens is 240 g/mol. The molecule has 0 N–H and O–H groups in total. The molecule has 0 aliphatic carbocycles. The molecular formula is C15H20N2O2. The minimum atomic E-state index is -0.395. The summed E-state index contributed by atoms with van der Waals surface area (Å²) in [5.41, 5.74) is 2.30. The molecule has 1 aromatic carbocycles. The Balaban J connectivity index is 1.78. The molecule has 1 fully saturated rings. The topological polar surface area (TPSA) is 32.8 Å². The molecule has 1 saturated heterocycles. The SMILES string of the molecule is CN1CCN(C(=O)C2OCCc3ccccc32)CC1. The molecule has 0 radical (unpaired) electrons. The van der Waals surface area contributed by atoms with E-state index in [1.165, 1.54) is 5.56 Å². The summed E-state index contributed by atoms with van der Waals surface area (Å²) in [4.78, 5) is 16.8. The van der Waals surface area contributed by atoms with Crippen LogP contribution in [-0.4, -0.2) is 55.5 Å². The summed E-state index contributed by atoms with van der Waals surface area (Å²) >= 11 is 0. The Bertz CT molecular complexity index is 467. The molecule has 0 aromatic heterocycles. The van der Waals surface area contributed by atoms with Crippen LogP contribution in [0.1, 0.15) is 17.2 Å². The molecule has 0 saturated carbocycles. The van der Waals surface area contributed by atoms with Gasteiger partial charge < -0.3 is 14.5 Å². The van der Waals surface area contributed by atoms with E-state index in [-0.39, 0.29) is 5.91 Å². The number of rotatable bonds is 1. The summed E-state index contributed by atoms with van der Waals surface area (Å²) in [5, 5.41) is 0. The second-order valence-corrected chi connectivity index (χ2v) is 5.33. The molecule has 19 heavy (non-hydrogen) atoms. The fraction of sp³-hybridized carbons (Fsp3) is 0.533. The zero-order chi connectivity index (χ0) is 13.2. The average Bonchev–Trinajstić information content (AvgIpc) is 2.47. The van der Waals surface area contributed by atoms with Crippen molar-refractivity contribution in [3.05, 3.63) is 35.4 Å². The van der Waals surface area contributed by atoms with Crippen molar-refractivity contribution >= 4 is 5.91 Å². The third-order valence-corrected chi connectivity index (χ3v) is 4.03. The summed E-state index contributed by atoms with van der Waals surface area (Å²) in [7, 11) is 2.09. The largest absolute Gasteiger partial charge is 0.363 e. The Morgan fingerprint density at radius 1 is 1.21 bits per heavy atom. The normalized spacial score (nSPS) is 24.1. The summed E-state index contributed by atoms with van der Waals surface area (Å²) in [6.07, 6.45) is 0.510. The van der Waals surface area contributed by atoms with Gasteiger partial charge >= 0.3 is 0 Å². The lowest BCUT2D eigenvalue weighted by atomic mass is 9.96. The van der Waals surface area contributed by atoms with E-state index < -0.39 is 6.10 Å². The Kier molecular flexibility index (Phi) is 3.53. The number of benzene rings is 1. The van der Waals surface area contributed by atoms with Crippen LogP contribution in [-0.2, 0) is 16.0 Å². The van der Waals surface area contributed by atoms with E-state index >= 15 is 0 Å². The third-order valence-electron chi connectivity index (χ3n) is 4.03. The predicted molar refractivity (Wildman–Crippen MR) is 72.9 cm³/mol. The predicted octanol–water partition coefficient (Wildman–Crippen LogP) is 1.07. The molecule has 2 heterocycles. The molecule has 4 heteroatoms. The summed E-state index contributed by atoms with van der Waals surface area (Å²) < 4.78 is 5.74. The highest BCUT2D eigenvalue weighted by atomic mass is 16.5. The molecule has 0 spiro atoms. The number of amides is 1. The second-order valence-electron chi connectivity index (χ2n) is 5.33. The van der Waals surface area contributed by atoms with E-state index in [4.69, 9.17) is 4.74 Å². The van der Waals surface area contributed by atoms with E-state index in [0.29, 0.717) is 6.61 Å². The molecule has 1 aromatic rings. The molecule has 3 rings (SSSR count). The maximum Gasteiger partial charge on any atom is 0.256 e. The first-order valence-corrected chi connectivity index (χ1v) is 6.92. The second kappa shape index (κ2) is 5.31. The fourth-order valence-corrected chi connectivity index (χ4v) is 2.79. The van der Waals surface area contributed by atoms with Gasteiger partial charge in [0, 0.05) is 26.2 Å². The standard InChI is InChI=1S/C15H20N2O2/c1-16-7-9-17(10-8-16)15(18)14-13-5-3-2-4-12(13)6-11-19-14/h2-5,14H,6-11H2,1H3. The van der Waals surface area contributed by atoms with E-state index in [1.807, 2.05) is 23.1 Å². The van der Waals surface area contributed by atoms with Gasteiger partial charge in [0.25, 0.3) is 5.91 Å². The average molecular weight is 260 g/mol. The Morgan fingerprint density at radius 3 is 2.74 bits per heavy atom. The lowest BCUT2D eigenvalue weighted by molar-refractivity contribution is -0.146. The lowest BCUT2D eigenvalue weighted by Crippen LogP contribution is -2.49. The molecule has 1 atom stereocenters. The lowest BCUT2D eigenvalue weighted by Gasteiger charge is -2.36. The molecule has 1 amide bonds. The van der Waals surface area contributed by atoms with Gasteiger partial charge in [0.05, 0.1) is 6.61 Å². The van der Waals surface area contributed by atoms with Gasteiger partial charge in [0.1, 0.15) is 0 Å². The zero-order valence-corrected chi connectivity index (χ0v) is 11.3. The van der Waals surface area contributed by atoms with Gasteiger partial charge in [-0.05, 0) is 24.6 Å². The minimum absolute atomic E-state index is 0.125. The van der Waals surface area contributed by atoms with Crippen LogP contribution in [0.2, 0.25) is 0 Å². The molecule has 2 aliphatic heterocycles. The maximum atomic E-state index is 12.6. The van der Waals surface area contributed by atoms with Crippen molar-refractivity contribution in [2.75, 3.05) is 39.8 Å². The van der Waals surface area contributed by atoms with Gasteiger partial charge in [-0.2, -0.15) is 0 Å². The first-order chi connectivity index (χ1) is 9.25. The Morgan fingerprint density at radius 2 is 1.95 bits per heavy atom. The highest BCUT2D eigenvalue weighted by molar-refractivity contribution is 5.83. The monoisotopic (exact) mass is 260 g/mol. The van der Waals surface area contributed by atoms with Crippen LogP contribution in [0.3, 0.4) is 0 Å². The summed E-state index contributed by atoms with van der Waals surface area (Å²) in [5.74, 6) is 0.125. The van der Waals surface area contributed by atoms with E-state index in [0.717, 1.165) is 38.2 Å². The van der Waals surface area contributed by atoms with E-state index in [2.05, 4.69) is 18.0 Å². The van der Waals surface area contributed by atoms with Gasteiger partial charge in [-0.1, -0.05) is 24.3 Å². The highest BCUT2D eigenvalue weighted by Gasteiger charge is 2.31. The number of piperazine rings is 1. The van der Waals surface area contributed by atoms with Gasteiger partial charge in [-0.25, -0.2) is 0 Å². The van der Waals surface area contributed by atoms with Crippen molar-refractivity contribution < 1.29 is 9.53 Å². The van der Waals surface area contributed by atoms with Gasteiger partial charge in [0.2, 0.25) is 0 Å². The van der Waals surface area contributed by atoms with Crippen molar-refractivity contribution in [2.45, 2.75) is 12.5 Å². The smallest absolute Gasteiger partial charge is 0.256 e. The number of nitrogens with zero attached hydrogens (tertiary/aromatic N) is 2. The molecule has 0 bridgehead atoms. The Hall–Kier alpha value is -1.39. The first-order valence-electron chi connectivity index (χ1n) is 6.92. The number of carbonyl (C=O) groups excluding carboxylic acids is 1. The van der Waals surface area contributed by atoms with Crippen molar-refractivity contribution in [1.29, 1.82) is 0 Å². The van der Waals surface area contributed by atoms with Crippen molar-refractivity contribution in [1.82, 2.24) is 9.80 Å². The van der Waals surface area contributed by atoms with Crippen molar-refractivity contribution in [3.63, 3.8) is 0 Å². The maximum absolute atomic E-state index is 12.6. The van der Waals surface area contributed by atoms with Crippen LogP contribution in [0, 0.1) is 0 Å². The number of hydrogen-bond donors (Lipinski definition) is 0. The molecule has 102 valence electrons. The first kappa shape index (κ1) is 12.6. The quantitative estimate of drug-likeness (QED) is 0.757. The summed E-state index contributed by atoms with van der Waals surface area (Å²) in [6.45, 7) is 4.14. The number of fused-ring (bicyclic) bond motifs is 1. The zero-order valence-electron chi connectivity index (χ0n) is 11.3. The number of ether oxygens (including phenoxy) is 1. The van der Waals surface area contributed by atoms with Gasteiger partial charge in [-0.3, -0.25) is 4.79 Å². The van der Waals surface area contributed by atoms with E-state index in [9.17, 15) is 4.79 Å². The molecule has 1 unspecified atom stereocenters. The van der Waals surface area contributed by atoms with Gasteiger partial charge in [-0.15, -0.1) is 0 Å². The Labute approximate surface area is 113 Å². The summed E-state index contributed by atoms with van der Waals surface area (Å²) in [6, 6.07) is 8.13. The van der Waals surface area contributed by atoms with Crippen LogP contribution in [0.15, 0.2) is 24.3 Å². The van der Waals surface area contributed by atoms with Crippen molar-refractivity contribution in [2.24, 2.45) is 0 Å². The van der Waals surface area contributed by atoms with Crippen LogP contribution in [0.5, 0.6) is 0 Å². The number of likely N-dealkylation sites (N-methyl/N-ethyl adjacent to an activating group) is 1.